The first-order chi connectivity index (χ1) is 13.4. The zero-order valence-corrected chi connectivity index (χ0v) is 20.8. The van der Waals surface area contributed by atoms with Gasteiger partial charge >= 0.3 is 0 Å². The number of likely N-dealkylation sites (N-methyl/N-ethyl adjacent to an activating group) is 1. The van der Waals surface area contributed by atoms with Crippen LogP contribution in [0.25, 0.3) is 0 Å². The summed E-state index contributed by atoms with van der Waals surface area (Å²) in [5, 5.41) is 6.42. The maximum Gasteiger partial charge on any atom is 0.193 e. The van der Waals surface area contributed by atoms with E-state index < -0.39 is 0 Å². The summed E-state index contributed by atoms with van der Waals surface area (Å²) >= 11 is 1.61. The van der Waals surface area contributed by atoms with Crippen molar-refractivity contribution < 1.29 is 9.13 Å². The highest BCUT2D eigenvalue weighted by Gasteiger charge is 2.12. The molecule has 0 aliphatic rings. The highest BCUT2D eigenvalue weighted by molar-refractivity contribution is 14.0. The smallest absolute Gasteiger partial charge is 0.193 e. The quantitative estimate of drug-likeness (QED) is 0.301. The Morgan fingerprint density at radius 3 is 2.59 bits per heavy atom. The van der Waals surface area contributed by atoms with Crippen LogP contribution in [0.4, 0.5) is 4.39 Å². The number of methoxy groups -OCH3 is 1. The second kappa shape index (κ2) is 13.1. The Balaban J connectivity index is 0.00000420. The highest BCUT2D eigenvalue weighted by Crippen LogP contribution is 2.20. The van der Waals surface area contributed by atoms with E-state index in [0.717, 1.165) is 41.9 Å². The molecule has 29 heavy (non-hydrogen) atoms. The molecule has 0 aliphatic heterocycles. The molecular formula is C20H31FIN5OS. The van der Waals surface area contributed by atoms with Crippen molar-refractivity contribution in [3.05, 3.63) is 51.7 Å². The van der Waals surface area contributed by atoms with Gasteiger partial charge in [-0.3, -0.25) is 4.99 Å². The Labute approximate surface area is 194 Å². The van der Waals surface area contributed by atoms with Gasteiger partial charge < -0.3 is 19.9 Å². The van der Waals surface area contributed by atoms with Crippen LogP contribution in [0.5, 0.6) is 0 Å². The standard InChI is InChI=1S/C20H30FN5OS.HI/c1-15(27-5)19-24-18(14-28-19)13-26(4)20(22-2)23-10-11-25(3)12-16-6-8-17(21)9-7-16;/h6-9,14-15H,10-13H2,1-5H3,(H,22,23);1H. The van der Waals surface area contributed by atoms with Crippen molar-refractivity contribution >= 4 is 41.3 Å². The summed E-state index contributed by atoms with van der Waals surface area (Å²) in [4.78, 5) is 13.2. The van der Waals surface area contributed by atoms with Crippen molar-refractivity contribution in [2.45, 2.75) is 26.1 Å². The van der Waals surface area contributed by atoms with Gasteiger partial charge in [0, 0.05) is 46.2 Å². The van der Waals surface area contributed by atoms with Gasteiger partial charge in [-0.15, -0.1) is 35.3 Å². The summed E-state index contributed by atoms with van der Waals surface area (Å²) in [5.74, 6) is 0.619. The van der Waals surface area contributed by atoms with E-state index in [4.69, 9.17) is 4.74 Å². The van der Waals surface area contributed by atoms with E-state index in [1.807, 2.05) is 33.2 Å². The third-order valence-electron chi connectivity index (χ3n) is 4.39. The molecule has 9 heteroatoms. The summed E-state index contributed by atoms with van der Waals surface area (Å²) in [6.45, 7) is 5.05. The molecule has 1 aromatic carbocycles. The molecule has 2 aromatic rings. The Bertz CT molecular complexity index is 756. The van der Waals surface area contributed by atoms with E-state index in [-0.39, 0.29) is 35.9 Å². The number of aliphatic imine (C=N–C) groups is 1. The van der Waals surface area contributed by atoms with Crippen molar-refractivity contribution in [3.8, 4) is 0 Å². The zero-order valence-electron chi connectivity index (χ0n) is 17.7. The number of guanidine groups is 1. The highest BCUT2D eigenvalue weighted by atomic mass is 127. The van der Waals surface area contributed by atoms with Gasteiger partial charge in [-0.1, -0.05) is 12.1 Å². The number of ether oxygens (including phenoxy) is 1. The fourth-order valence-electron chi connectivity index (χ4n) is 2.72. The van der Waals surface area contributed by atoms with Crippen molar-refractivity contribution in [1.29, 1.82) is 0 Å². The molecule has 1 aromatic heterocycles. The number of halogens is 2. The average Bonchev–Trinajstić information content (AvgIpc) is 3.14. The lowest BCUT2D eigenvalue weighted by Crippen LogP contribution is -2.41. The lowest BCUT2D eigenvalue weighted by Gasteiger charge is -2.23. The second-order valence-electron chi connectivity index (χ2n) is 6.75. The molecule has 1 unspecified atom stereocenters. The van der Waals surface area contributed by atoms with Crippen LogP contribution in [0.15, 0.2) is 34.6 Å². The SMILES string of the molecule is CN=C(NCCN(C)Cc1ccc(F)cc1)N(C)Cc1csc(C(C)OC)n1.I. The zero-order chi connectivity index (χ0) is 20.5. The lowest BCUT2D eigenvalue weighted by atomic mass is 10.2. The largest absolute Gasteiger partial charge is 0.375 e. The van der Waals surface area contributed by atoms with Crippen molar-refractivity contribution in [2.24, 2.45) is 4.99 Å². The summed E-state index contributed by atoms with van der Waals surface area (Å²) in [6.07, 6.45) is 0.0122. The molecular weight excluding hydrogens is 504 g/mol. The number of rotatable bonds is 9. The normalized spacial score (nSPS) is 12.6. The minimum absolute atomic E-state index is 0. The fraction of sp³-hybridized carbons (Fsp3) is 0.500. The summed E-state index contributed by atoms with van der Waals surface area (Å²) in [5.41, 5.74) is 2.10. The summed E-state index contributed by atoms with van der Waals surface area (Å²) in [7, 11) is 7.51. The fourth-order valence-corrected chi connectivity index (χ4v) is 3.57. The van der Waals surface area contributed by atoms with Crippen LogP contribution in [0, 0.1) is 5.82 Å². The molecule has 1 heterocycles. The molecule has 6 nitrogen and oxygen atoms in total. The first kappa shape index (κ1) is 25.7. The molecule has 0 saturated carbocycles. The van der Waals surface area contributed by atoms with Crippen LogP contribution in [0.3, 0.4) is 0 Å². The van der Waals surface area contributed by atoms with Crippen LogP contribution >= 0.6 is 35.3 Å². The third kappa shape index (κ3) is 8.53. The maximum absolute atomic E-state index is 13.0. The monoisotopic (exact) mass is 535 g/mol. The van der Waals surface area contributed by atoms with Gasteiger partial charge in [0.25, 0.3) is 0 Å². The molecule has 0 saturated heterocycles. The van der Waals surface area contributed by atoms with Crippen LogP contribution in [-0.2, 0) is 17.8 Å². The topological polar surface area (TPSA) is 53.0 Å². The molecule has 0 spiro atoms. The number of thiazole rings is 1. The summed E-state index contributed by atoms with van der Waals surface area (Å²) < 4.78 is 18.3. The lowest BCUT2D eigenvalue weighted by molar-refractivity contribution is 0.119. The van der Waals surface area contributed by atoms with E-state index >= 15 is 0 Å². The van der Waals surface area contributed by atoms with Crippen molar-refractivity contribution in [3.63, 3.8) is 0 Å². The average molecular weight is 535 g/mol. The predicted molar refractivity (Wildman–Crippen MR) is 129 cm³/mol. The van der Waals surface area contributed by atoms with Gasteiger partial charge in [0.15, 0.2) is 5.96 Å². The minimum atomic E-state index is -0.205. The van der Waals surface area contributed by atoms with E-state index in [0.29, 0.717) is 6.54 Å². The number of nitrogens with zero attached hydrogens (tertiary/aromatic N) is 4. The molecule has 1 atom stereocenters. The minimum Gasteiger partial charge on any atom is -0.375 e. The second-order valence-corrected chi connectivity index (χ2v) is 7.64. The Kier molecular flexibility index (Phi) is 11.6. The summed E-state index contributed by atoms with van der Waals surface area (Å²) in [6, 6.07) is 6.63. The van der Waals surface area contributed by atoms with Crippen molar-refractivity contribution in [2.75, 3.05) is 41.3 Å². The molecule has 162 valence electrons. The van der Waals surface area contributed by atoms with E-state index in [1.54, 1.807) is 25.5 Å². The van der Waals surface area contributed by atoms with E-state index in [2.05, 4.69) is 30.5 Å². The van der Waals surface area contributed by atoms with Gasteiger partial charge in [0.2, 0.25) is 0 Å². The predicted octanol–water partition coefficient (Wildman–Crippen LogP) is 3.75. The number of benzene rings is 1. The van der Waals surface area contributed by atoms with E-state index in [1.165, 1.54) is 12.1 Å². The van der Waals surface area contributed by atoms with Crippen LogP contribution < -0.4 is 5.32 Å². The van der Waals surface area contributed by atoms with Crippen LogP contribution in [0.1, 0.15) is 29.3 Å². The van der Waals surface area contributed by atoms with Crippen LogP contribution in [0.2, 0.25) is 0 Å². The first-order valence-corrected chi connectivity index (χ1v) is 10.1. The molecule has 0 radical (unpaired) electrons. The molecule has 0 fully saturated rings. The van der Waals surface area contributed by atoms with Gasteiger partial charge in [-0.25, -0.2) is 9.37 Å². The number of aromatic nitrogens is 1. The number of hydrogen-bond donors (Lipinski definition) is 1. The Morgan fingerprint density at radius 1 is 1.28 bits per heavy atom. The van der Waals surface area contributed by atoms with Gasteiger partial charge in [0.05, 0.1) is 12.2 Å². The first-order valence-electron chi connectivity index (χ1n) is 9.24. The van der Waals surface area contributed by atoms with Gasteiger partial charge in [0.1, 0.15) is 16.9 Å². The van der Waals surface area contributed by atoms with Gasteiger partial charge in [-0.2, -0.15) is 0 Å². The number of hydrogen-bond acceptors (Lipinski definition) is 5. The maximum atomic E-state index is 13.0. The van der Waals surface area contributed by atoms with Crippen LogP contribution in [-0.4, -0.2) is 62.1 Å². The number of nitrogens with one attached hydrogen (secondary N) is 1. The molecule has 0 aliphatic carbocycles. The Morgan fingerprint density at radius 2 is 1.97 bits per heavy atom. The molecule has 1 N–H and O–H groups in total. The molecule has 2 rings (SSSR count). The molecule has 0 amide bonds. The van der Waals surface area contributed by atoms with Gasteiger partial charge in [-0.05, 0) is 31.7 Å². The Hall–Kier alpha value is -1.30. The third-order valence-corrected chi connectivity index (χ3v) is 5.44. The van der Waals surface area contributed by atoms with Crippen molar-refractivity contribution in [1.82, 2.24) is 20.1 Å². The van der Waals surface area contributed by atoms with E-state index in [9.17, 15) is 4.39 Å². The molecule has 0 bridgehead atoms.